The van der Waals surface area contributed by atoms with Crippen molar-refractivity contribution in [2.75, 3.05) is 7.11 Å². The van der Waals surface area contributed by atoms with Crippen LogP contribution in [0, 0.1) is 11.8 Å². The van der Waals surface area contributed by atoms with Crippen molar-refractivity contribution in [3.63, 3.8) is 0 Å². The number of hydrogen-bond donors (Lipinski definition) is 0. The van der Waals surface area contributed by atoms with Crippen molar-refractivity contribution in [1.82, 2.24) is 0 Å². The highest BCUT2D eigenvalue weighted by Crippen LogP contribution is 2.35. The number of methoxy groups -OCH3 is 1. The topological polar surface area (TPSA) is 26.3 Å². The summed E-state index contributed by atoms with van der Waals surface area (Å²) in [5.41, 5.74) is 0. The highest BCUT2D eigenvalue weighted by Gasteiger charge is 2.23. The van der Waals surface area contributed by atoms with Gasteiger partial charge in [-0.1, -0.05) is 26.2 Å². The van der Waals surface area contributed by atoms with Gasteiger partial charge in [-0.3, -0.25) is 4.79 Å². The molecule has 0 N–H and O–H groups in total. The standard InChI is InChI=1S/C11H20O2/c1-9(10-6-4-7-10)5-3-8-11(12)13-2/h9-10H,3-8H2,1-2H3. The summed E-state index contributed by atoms with van der Waals surface area (Å²) >= 11 is 0. The molecule has 76 valence electrons. The van der Waals surface area contributed by atoms with Gasteiger partial charge in [0.05, 0.1) is 7.11 Å². The molecular formula is C11H20O2. The highest BCUT2D eigenvalue weighted by atomic mass is 16.5. The number of carbonyl (C=O) groups excluding carboxylic acids is 1. The molecule has 0 heterocycles. The first-order valence-corrected chi connectivity index (χ1v) is 5.31. The van der Waals surface area contributed by atoms with E-state index < -0.39 is 0 Å². The average molecular weight is 184 g/mol. The highest BCUT2D eigenvalue weighted by molar-refractivity contribution is 5.68. The zero-order valence-electron chi connectivity index (χ0n) is 8.71. The van der Waals surface area contributed by atoms with Crippen molar-refractivity contribution in [3.8, 4) is 0 Å². The molecule has 1 atom stereocenters. The quantitative estimate of drug-likeness (QED) is 0.614. The van der Waals surface area contributed by atoms with Crippen LogP contribution in [0.3, 0.4) is 0 Å². The summed E-state index contributed by atoms with van der Waals surface area (Å²) in [5.74, 6) is 1.68. The van der Waals surface area contributed by atoms with Gasteiger partial charge in [-0.15, -0.1) is 0 Å². The summed E-state index contributed by atoms with van der Waals surface area (Å²) in [7, 11) is 1.46. The Morgan fingerprint density at radius 1 is 1.54 bits per heavy atom. The monoisotopic (exact) mass is 184 g/mol. The van der Waals surface area contributed by atoms with Gasteiger partial charge in [-0.2, -0.15) is 0 Å². The van der Waals surface area contributed by atoms with E-state index in [1.54, 1.807) is 0 Å². The van der Waals surface area contributed by atoms with E-state index in [4.69, 9.17) is 0 Å². The minimum Gasteiger partial charge on any atom is -0.469 e. The molecular weight excluding hydrogens is 164 g/mol. The molecule has 1 unspecified atom stereocenters. The first-order chi connectivity index (χ1) is 6.24. The molecule has 1 aliphatic rings. The second kappa shape index (κ2) is 5.25. The van der Waals surface area contributed by atoms with Crippen molar-refractivity contribution in [2.45, 2.75) is 45.4 Å². The minimum atomic E-state index is -0.0687. The molecule has 1 fully saturated rings. The van der Waals surface area contributed by atoms with Crippen molar-refractivity contribution < 1.29 is 9.53 Å². The van der Waals surface area contributed by atoms with Gasteiger partial charge in [-0.05, 0) is 24.7 Å². The van der Waals surface area contributed by atoms with Crippen LogP contribution in [0.5, 0.6) is 0 Å². The Morgan fingerprint density at radius 2 is 2.23 bits per heavy atom. The lowest BCUT2D eigenvalue weighted by Gasteiger charge is -2.31. The number of ether oxygens (including phenoxy) is 1. The van der Waals surface area contributed by atoms with Gasteiger partial charge in [0.15, 0.2) is 0 Å². The fraction of sp³-hybridized carbons (Fsp3) is 0.909. The van der Waals surface area contributed by atoms with Crippen LogP contribution in [0.2, 0.25) is 0 Å². The first kappa shape index (κ1) is 10.6. The van der Waals surface area contributed by atoms with Crippen LogP contribution in [-0.4, -0.2) is 13.1 Å². The van der Waals surface area contributed by atoms with E-state index in [1.807, 2.05) is 0 Å². The van der Waals surface area contributed by atoms with Gasteiger partial charge in [0.25, 0.3) is 0 Å². The van der Waals surface area contributed by atoms with Gasteiger partial charge in [0, 0.05) is 6.42 Å². The predicted molar refractivity (Wildman–Crippen MR) is 52.4 cm³/mol. The fourth-order valence-corrected chi connectivity index (χ4v) is 1.92. The number of hydrogen-bond acceptors (Lipinski definition) is 2. The lowest BCUT2D eigenvalue weighted by molar-refractivity contribution is -0.140. The third-order valence-corrected chi connectivity index (χ3v) is 3.22. The molecule has 0 aromatic heterocycles. The zero-order valence-corrected chi connectivity index (χ0v) is 8.71. The molecule has 1 rings (SSSR count). The summed E-state index contributed by atoms with van der Waals surface area (Å²) in [5, 5.41) is 0. The molecule has 0 amide bonds. The molecule has 2 nitrogen and oxygen atoms in total. The summed E-state index contributed by atoms with van der Waals surface area (Å²) < 4.78 is 4.59. The van der Waals surface area contributed by atoms with Crippen molar-refractivity contribution in [1.29, 1.82) is 0 Å². The molecule has 2 heteroatoms. The zero-order chi connectivity index (χ0) is 9.68. The molecule has 0 saturated heterocycles. The molecule has 0 aliphatic heterocycles. The number of carbonyl (C=O) groups is 1. The smallest absolute Gasteiger partial charge is 0.305 e. The second-order valence-electron chi connectivity index (χ2n) is 4.14. The number of rotatable bonds is 5. The van der Waals surface area contributed by atoms with Gasteiger partial charge < -0.3 is 4.74 Å². The van der Waals surface area contributed by atoms with Gasteiger partial charge in [0.1, 0.15) is 0 Å². The molecule has 0 bridgehead atoms. The van der Waals surface area contributed by atoms with Gasteiger partial charge in [-0.25, -0.2) is 0 Å². The van der Waals surface area contributed by atoms with Crippen LogP contribution in [0.1, 0.15) is 45.4 Å². The van der Waals surface area contributed by atoms with Crippen molar-refractivity contribution in [2.24, 2.45) is 11.8 Å². The first-order valence-electron chi connectivity index (χ1n) is 5.31. The third-order valence-electron chi connectivity index (χ3n) is 3.22. The SMILES string of the molecule is COC(=O)CCCC(C)C1CCC1. The lowest BCUT2D eigenvalue weighted by Crippen LogP contribution is -2.19. The van der Waals surface area contributed by atoms with E-state index in [1.165, 1.54) is 32.8 Å². The Bertz CT molecular complexity index is 161. The summed E-state index contributed by atoms with van der Waals surface area (Å²) in [6.07, 6.45) is 6.97. The normalized spacial score (nSPS) is 19.2. The van der Waals surface area contributed by atoms with E-state index in [-0.39, 0.29) is 5.97 Å². The summed E-state index contributed by atoms with van der Waals surface area (Å²) in [6, 6.07) is 0. The van der Waals surface area contributed by atoms with Crippen LogP contribution >= 0.6 is 0 Å². The molecule has 0 radical (unpaired) electrons. The molecule has 0 aromatic carbocycles. The van der Waals surface area contributed by atoms with Crippen LogP contribution in [0.4, 0.5) is 0 Å². The van der Waals surface area contributed by atoms with Crippen LogP contribution in [0.25, 0.3) is 0 Å². The second-order valence-corrected chi connectivity index (χ2v) is 4.14. The van der Waals surface area contributed by atoms with Crippen LogP contribution in [0.15, 0.2) is 0 Å². The van der Waals surface area contributed by atoms with Crippen LogP contribution in [-0.2, 0) is 9.53 Å². The van der Waals surface area contributed by atoms with Crippen LogP contribution < -0.4 is 0 Å². The lowest BCUT2D eigenvalue weighted by atomic mass is 9.75. The van der Waals surface area contributed by atoms with E-state index in [9.17, 15) is 4.79 Å². The predicted octanol–water partition coefficient (Wildman–Crippen LogP) is 2.77. The van der Waals surface area contributed by atoms with Gasteiger partial charge >= 0.3 is 5.97 Å². The molecule has 1 saturated carbocycles. The van der Waals surface area contributed by atoms with E-state index in [2.05, 4.69) is 11.7 Å². The fourth-order valence-electron chi connectivity index (χ4n) is 1.92. The van der Waals surface area contributed by atoms with E-state index in [0.717, 1.165) is 18.3 Å². The molecule has 0 aromatic rings. The Labute approximate surface area is 80.7 Å². The summed E-state index contributed by atoms with van der Waals surface area (Å²) in [6.45, 7) is 2.31. The third kappa shape index (κ3) is 3.37. The average Bonchev–Trinajstić information content (AvgIpc) is 2.01. The summed E-state index contributed by atoms with van der Waals surface area (Å²) in [4.78, 5) is 10.8. The Morgan fingerprint density at radius 3 is 2.69 bits per heavy atom. The minimum absolute atomic E-state index is 0.0687. The van der Waals surface area contributed by atoms with E-state index in [0.29, 0.717) is 6.42 Å². The maximum absolute atomic E-state index is 10.8. The Hall–Kier alpha value is -0.530. The van der Waals surface area contributed by atoms with Crippen molar-refractivity contribution in [3.05, 3.63) is 0 Å². The van der Waals surface area contributed by atoms with Crippen molar-refractivity contribution >= 4 is 5.97 Å². The Kier molecular flexibility index (Phi) is 4.26. The molecule has 13 heavy (non-hydrogen) atoms. The Balaban J connectivity index is 2.01. The van der Waals surface area contributed by atoms with E-state index >= 15 is 0 Å². The molecule has 0 spiro atoms. The number of esters is 1. The maximum atomic E-state index is 10.8. The molecule has 1 aliphatic carbocycles. The largest absolute Gasteiger partial charge is 0.469 e. The maximum Gasteiger partial charge on any atom is 0.305 e. The van der Waals surface area contributed by atoms with Gasteiger partial charge in [0.2, 0.25) is 0 Å².